The molecule has 2 saturated heterocycles. The summed E-state index contributed by atoms with van der Waals surface area (Å²) in [5, 5.41) is 9.22. The van der Waals surface area contributed by atoms with Crippen LogP contribution in [0.3, 0.4) is 0 Å². The van der Waals surface area contributed by atoms with E-state index in [-0.39, 0.29) is 33.0 Å². The molecule has 2 aliphatic rings. The zero-order valence-electron chi connectivity index (χ0n) is 10.7. The molecule has 0 aromatic rings. The van der Waals surface area contributed by atoms with Crippen LogP contribution in [0.4, 0.5) is 0 Å². The molecule has 0 aliphatic carbocycles. The Kier molecular flexibility index (Phi) is 5.16. The van der Waals surface area contributed by atoms with Gasteiger partial charge >= 0.3 is 11.9 Å². The summed E-state index contributed by atoms with van der Waals surface area (Å²) < 4.78 is 30.5. The van der Waals surface area contributed by atoms with Crippen molar-refractivity contribution in [2.75, 3.05) is 39.6 Å². The predicted octanol–water partition coefficient (Wildman–Crippen LogP) is -1.82. The van der Waals surface area contributed by atoms with Gasteiger partial charge in [-0.15, -0.1) is 0 Å². The number of rotatable bonds is 8. The molecule has 0 aromatic heterocycles. The number of aliphatic hydroxyl groups excluding tert-OH is 1. The summed E-state index contributed by atoms with van der Waals surface area (Å²) >= 11 is 0. The number of hydrogen-bond donors (Lipinski definition) is 1. The van der Waals surface area contributed by atoms with Gasteiger partial charge in [0.2, 0.25) is 12.6 Å². The standard InChI is InChI=1S/C11H16O9/c12-5-9(20-11(8-14)17-3-4-18-11)6-19-10(7-13)15-1-2-16-10/h7-9,12H,1-6H2. The first-order chi connectivity index (χ1) is 9.67. The second kappa shape index (κ2) is 6.68. The minimum atomic E-state index is -1.84. The molecule has 9 heteroatoms. The molecule has 0 aromatic carbocycles. The second-order valence-electron chi connectivity index (χ2n) is 4.07. The van der Waals surface area contributed by atoms with Crippen molar-refractivity contribution < 1.29 is 43.1 Å². The first-order valence-electron chi connectivity index (χ1n) is 6.09. The Balaban J connectivity index is 1.88. The lowest BCUT2D eigenvalue weighted by Crippen LogP contribution is -2.45. The monoisotopic (exact) mass is 292 g/mol. The van der Waals surface area contributed by atoms with Crippen LogP contribution >= 0.6 is 0 Å². The summed E-state index contributed by atoms with van der Waals surface area (Å²) in [5.74, 6) is -3.63. The van der Waals surface area contributed by atoms with Crippen LogP contribution in [-0.2, 0) is 38.0 Å². The highest BCUT2D eigenvalue weighted by atomic mass is 16.9. The van der Waals surface area contributed by atoms with E-state index in [0.29, 0.717) is 12.6 Å². The van der Waals surface area contributed by atoms with E-state index in [0.717, 1.165) is 0 Å². The van der Waals surface area contributed by atoms with E-state index in [1.165, 1.54) is 0 Å². The number of aliphatic hydroxyl groups is 1. The van der Waals surface area contributed by atoms with Crippen LogP contribution in [0, 0.1) is 0 Å². The van der Waals surface area contributed by atoms with E-state index in [1.807, 2.05) is 0 Å². The van der Waals surface area contributed by atoms with Crippen LogP contribution in [0.1, 0.15) is 0 Å². The molecule has 9 nitrogen and oxygen atoms in total. The van der Waals surface area contributed by atoms with Gasteiger partial charge in [0.25, 0.3) is 0 Å². The van der Waals surface area contributed by atoms with Gasteiger partial charge in [-0.3, -0.25) is 9.59 Å². The lowest BCUT2D eigenvalue weighted by molar-refractivity contribution is -0.343. The zero-order valence-corrected chi connectivity index (χ0v) is 10.7. The first-order valence-corrected chi connectivity index (χ1v) is 6.09. The van der Waals surface area contributed by atoms with Crippen LogP contribution in [0.15, 0.2) is 0 Å². The van der Waals surface area contributed by atoms with Gasteiger partial charge in [-0.2, -0.15) is 0 Å². The molecule has 0 spiro atoms. The highest BCUT2D eigenvalue weighted by Crippen LogP contribution is 2.23. The second-order valence-corrected chi connectivity index (χ2v) is 4.07. The van der Waals surface area contributed by atoms with E-state index in [9.17, 15) is 14.7 Å². The smallest absolute Gasteiger partial charge is 0.344 e. The van der Waals surface area contributed by atoms with Crippen LogP contribution < -0.4 is 0 Å². The van der Waals surface area contributed by atoms with Crippen LogP contribution in [-0.4, -0.2) is 75.4 Å². The van der Waals surface area contributed by atoms with Crippen LogP contribution in [0.2, 0.25) is 0 Å². The van der Waals surface area contributed by atoms with E-state index < -0.39 is 24.7 Å². The van der Waals surface area contributed by atoms with Gasteiger partial charge in [-0.1, -0.05) is 0 Å². The zero-order chi connectivity index (χ0) is 14.5. The third-order valence-electron chi connectivity index (χ3n) is 2.67. The van der Waals surface area contributed by atoms with Crippen molar-refractivity contribution in [1.82, 2.24) is 0 Å². The number of carbonyl (C=O) groups excluding carboxylic acids is 2. The molecule has 2 fully saturated rings. The summed E-state index contributed by atoms with van der Waals surface area (Å²) in [5.41, 5.74) is 0. The maximum Gasteiger partial charge on any atom is 0.344 e. The molecule has 114 valence electrons. The molecule has 20 heavy (non-hydrogen) atoms. The van der Waals surface area contributed by atoms with E-state index in [1.54, 1.807) is 0 Å². The Bertz CT molecular complexity index is 333. The fourth-order valence-electron chi connectivity index (χ4n) is 1.73. The highest BCUT2D eigenvalue weighted by Gasteiger charge is 2.43. The first kappa shape index (κ1) is 15.4. The summed E-state index contributed by atoms with van der Waals surface area (Å²) in [7, 11) is 0. The Morgan fingerprint density at radius 1 is 1.00 bits per heavy atom. The normalized spacial score (nSPS) is 25.4. The van der Waals surface area contributed by atoms with Crippen molar-refractivity contribution in [3.8, 4) is 0 Å². The molecule has 2 aliphatic heterocycles. The minimum Gasteiger partial charge on any atom is -0.394 e. The maximum absolute atomic E-state index is 11.0. The molecule has 1 atom stereocenters. The Labute approximate surface area is 114 Å². The van der Waals surface area contributed by atoms with Gasteiger partial charge < -0.3 is 33.5 Å². The molecule has 0 saturated carbocycles. The topological polar surface area (TPSA) is 110 Å². The number of aldehydes is 2. The average Bonchev–Trinajstić information content (AvgIpc) is 3.14. The molecule has 2 rings (SSSR count). The Hall–Kier alpha value is -0.940. The van der Waals surface area contributed by atoms with Crippen LogP contribution in [0.5, 0.6) is 0 Å². The lowest BCUT2D eigenvalue weighted by Gasteiger charge is -2.28. The summed E-state index contributed by atoms with van der Waals surface area (Å²) in [6.07, 6.45) is -0.240. The predicted molar refractivity (Wildman–Crippen MR) is 59.3 cm³/mol. The molecule has 0 bridgehead atoms. The van der Waals surface area contributed by atoms with Gasteiger partial charge in [-0.05, 0) is 0 Å². The van der Waals surface area contributed by atoms with Gasteiger partial charge in [0.1, 0.15) is 6.10 Å². The van der Waals surface area contributed by atoms with Crippen molar-refractivity contribution in [3.05, 3.63) is 0 Å². The fraction of sp³-hybridized carbons (Fsp3) is 0.818. The van der Waals surface area contributed by atoms with Crippen LogP contribution in [0.25, 0.3) is 0 Å². The highest BCUT2D eigenvalue weighted by molar-refractivity contribution is 5.58. The molecule has 0 amide bonds. The Morgan fingerprint density at radius 2 is 1.50 bits per heavy atom. The van der Waals surface area contributed by atoms with Crippen molar-refractivity contribution in [2.24, 2.45) is 0 Å². The third kappa shape index (κ3) is 3.38. The third-order valence-corrected chi connectivity index (χ3v) is 2.67. The van der Waals surface area contributed by atoms with Gasteiger partial charge in [-0.25, -0.2) is 0 Å². The summed E-state index contributed by atoms with van der Waals surface area (Å²) in [4.78, 5) is 21.9. The number of ether oxygens (including phenoxy) is 6. The molecule has 0 radical (unpaired) electrons. The van der Waals surface area contributed by atoms with E-state index in [4.69, 9.17) is 28.4 Å². The minimum absolute atomic E-state index is 0.197. The van der Waals surface area contributed by atoms with Gasteiger partial charge in [0.15, 0.2) is 0 Å². The number of carbonyl (C=O) groups is 2. The fourth-order valence-corrected chi connectivity index (χ4v) is 1.73. The lowest BCUT2D eigenvalue weighted by atomic mass is 10.4. The van der Waals surface area contributed by atoms with Gasteiger partial charge in [0.05, 0.1) is 39.6 Å². The Morgan fingerprint density at radius 3 is 1.95 bits per heavy atom. The maximum atomic E-state index is 11.0. The van der Waals surface area contributed by atoms with Crippen molar-refractivity contribution >= 4 is 12.6 Å². The van der Waals surface area contributed by atoms with Crippen molar-refractivity contribution in [1.29, 1.82) is 0 Å². The SMILES string of the molecule is O=CC1(OCC(CO)OC2(C=O)OCCO2)OCCO1. The van der Waals surface area contributed by atoms with Gasteiger partial charge in [0, 0.05) is 0 Å². The van der Waals surface area contributed by atoms with Crippen molar-refractivity contribution in [3.63, 3.8) is 0 Å². The molecule has 1 unspecified atom stereocenters. The molecule has 2 heterocycles. The quantitative estimate of drug-likeness (QED) is 0.517. The molecular weight excluding hydrogens is 276 g/mol. The van der Waals surface area contributed by atoms with E-state index >= 15 is 0 Å². The van der Waals surface area contributed by atoms with E-state index in [2.05, 4.69) is 0 Å². The summed E-state index contributed by atoms with van der Waals surface area (Å²) in [6.45, 7) is 0.0983. The summed E-state index contributed by atoms with van der Waals surface area (Å²) in [6, 6.07) is 0. The average molecular weight is 292 g/mol. The largest absolute Gasteiger partial charge is 0.394 e. The number of hydrogen-bond acceptors (Lipinski definition) is 9. The van der Waals surface area contributed by atoms with Crippen molar-refractivity contribution in [2.45, 2.75) is 18.1 Å². The molecule has 1 N–H and O–H groups in total. The molecular formula is C11H16O9.